The minimum Gasteiger partial charge on any atom is -0.122 e. The van der Waals surface area contributed by atoms with Crippen molar-refractivity contribution in [2.45, 2.75) is 0 Å². The molecule has 0 unspecified atom stereocenters. The Balaban J connectivity index is 2.89. The molecule has 0 saturated heterocycles. The van der Waals surface area contributed by atoms with Crippen molar-refractivity contribution in [1.82, 2.24) is 0 Å². The van der Waals surface area contributed by atoms with Crippen LogP contribution in [-0.4, -0.2) is 0 Å². The van der Waals surface area contributed by atoms with Gasteiger partial charge in [0.15, 0.2) is 0 Å². The topological polar surface area (TPSA) is 0 Å². The first-order valence-corrected chi connectivity index (χ1v) is 5.86. The van der Waals surface area contributed by atoms with Gasteiger partial charge in [-0.2, -0.15) is 0 Å². The largest absolute Gasteiger partial charge is 0.122 e. The first-order chi connectivity index (χ1) is 5.68. The summed E-state index contributed by atoms with van der Waals surface area (Å²) in [7, 11) is 0. The van der Waals surface area contributed by atoms with Crippen molar-refractivity contribution in [3.8, 4) is 0 Å². The zero-order valence-electron chi connectivity index (χ0n) is 5.77. The Labute approximate surface area is 97.6 Å². The third kappa shape index (κ3) is 1.45. The van der Waals surface area contributed by atoms with Gasteiger partial charge in [-0.1, -0.05) is 29.3 Å². The van der Waals surface area contributed by atoms with Crippen LogP contribution in [0.1, 0.15) is 0 Å². The van der Waals surface area contributed by atoms with Gasteiger partial charge in [0, 0.05) is 3.57 Å². The van der Waals surface area contributed by atoms with Crippen molar-refractivity contribution in [3.63, 3.8) is 0 Å². The Morgan fingerprint density at radius 2 is 2.00 bits per heavy atom. The Kier molecular flexibility index (Phi) is 2.51. The van der Waals surface area contributed by atoms with Crippen LogP contribution in [0.5, 0.6) is 0 Å². The summed E-state index contributed by atoms with van der Waals surface area (Å²) in [6.45, 7) is 0. The molecule has 0 nitrogen and oxygen atoms in total. The van der Waals surface area contributed by atoms with Gasteiger partial charge in [-0.05, 0) is 40.1 Å². The highest BCUT2D eigenvalue weighted by Crippen LogP contribution is 2.35. The molecule has 1 heterocycles. The number of hydrogen-bond donors (Lipinski definition) is 0. The van der Waals surface area contributed by atoms with Crippen LogP contribution in [0, 0.1) is 3.57 Å². The van der Waals surface area contributed by atoms with E-state index in [2.05, 4.69) is 22.6 Å². The van der Waals surface area contributed by atoms with E-state index in [1.807, 2.05) is 18.2 Å². The maximum atomic E-state index is 5.95. The third-order valence-corrected chi connectivity index (χ3v) is 4.97. The monoisotopic (exact) mass is 328 g/mol. The van der Waals surface area contributed by atoms with Crippen molar-refractivity contribution in [3.05, 3.63) is 31.1 Å². The summed E-state index contributed by atoms with van der Waals surface area (Å²) in [5.74, 6) is 0. The molecule has 4 heteroatoms. The summed E-state index contributed by atoms with van der Waals surface area (Å²) in [6.07, 6.45) is 0. The molecule has 0 atom stereocenters. The van der Waals surface area contributed by atoms with Crippen LogP contribution in [0.25, 0.3) is 10.1 Å². The van der Waals surface area contributed by atoms with Crippen molar-refractivity contribution in [1.29, 1.82) is 0 Å². The summed E-state index contributed by atoms with van der Waals surface area (Å²) in [6, 6.07) is 5.84. The molecule has 0 spiro atoms. The molecule has 0 fully saturated rings. The molecule has 62 valence electrons. The van der Waals surface area contributed by atoms with Crippen molar-refractivity contribution < 1.29 is 0 Å². The Hall–Kier alpha value is 0.490. The number of fused-ring (bicyclic) bond motifs is 1. The van der Waals surface area contributed by atoms with E-state index in [1.54, 1.807) is 11.3 Å². The molecule has 0 amide bonds. The molecule has 0 saturated carbocycles. The fraction of sp³-hybridized carbons (Fsp3) is 0. The summed E-state index contributed by atoms with van der Waals surface area (Å²) >= 11 is 15.6. The summed E-state index contributed by atoms with van der Waals surface area (Å²) in [5.41, 5.74) is 0. The molecule has 1 aromatic carbocycles. The Morgan fingerprint density at radius 1 is 1.25 bits per heavy atom. The number of rotatable bonds is 0. The molecule has 0 bridgehead atoms. The van der Waals surface area contributed by atoms with Crippen molar-refractivity contribution in [2.24, 2.45) is 0 Å². The zero-order chi connectivity index (χ0) is 8.72. The van der Waals surface area contributed by atoms with E-state index in [0.29, 0.717) is 0 Å². The van der Waals surface area contributed by atoms with E-state index in [1.165, 1.54) is 10.1 Å². The summed E-state index contributed by atoms with van der Waals surface area (Å²) in [5, 5.41) is 1.96. The molecular formula is C8H3Cl2IS. The van der Waals surface area contributed by atoms with Gasteiger partial charge in [0.05, 0.1) is 14.1 Å². The van der Waals surface area contributed by atoms with Crippen LogP contribution in [-0.2, 0) is 0 Å². The molecule has 0 radical (unpaired) electrons. The van der Waals surface area contributed by atoms with Crippen LogP contribution in [0.2, 0.25) is 9.36 Å². The molecule has 2 aromatic rings. The molecular weight excluding hydrogens is 326 g/mol. The van der Waals surface area contributed by atoms with Crippen LogP contribution in [0.3, 0.4) is 0 Å². The van der Waals surface area contributed by atoms with Gasteiger partial charge >= 0.3 is 0 Å². The lowest BCUT2D eigenvalue weighted by molar-refractivity contribution is 1.78. The SMILES string of the molecule is Clc1cc2ccc(Cl)c(I)c2s1. The standard InChI is InChI=1S/C8H3Cl2IS/c9-5-2-1-4-3-6(10)12-8(4)7(5)11/h1-3H. The average Bonchev–Trinajstić information content (AvgIpc) is 2.39. The average molecular weight is 329 g/mol. The molecule has 1 aromatic heterocycles. The normalized spacial score (nSPS) is 10.9. The highest BCUT2D eigenvalue weighted by molar-refractivity contribution is 14.1. The maximum Gasteiger partial charge on any atom is 0.0941 e. The van der Waals surface area contributed by atoms with E-state index in [4.69, 9.17) is 23.2 Å². The van der Waals surface area contributed by atoms with E-state index < -0.39 is 0 Å². The maximum absolute atomic E-state index is 5.95. The quantitative estimate of drug-likeness (QED) is 0.609. The van der Waals surface area contributed by atoms with Crippen LogP contribution in [0.15, 0.2) is 18.2 Å². The van der Waals surface area contributed by atoms with E-state index in [0.717, 1.165) is 12.9 Å². The Bertz CT molecular complexity index is 436. The van der Waals surface area contributed by atoms with Crippen LogP contribution >= 0.6 is 57.1 Å². The van der Waals surface area contributed by atoms with Gasteiger partial charge in [-0.3, -0.25) is 0 Å². The zero-order valence-corrected chi connectivity index (χ0v) is 10.3. The first-order valence-electron chi connectivity index (χ1n) is 3.21. The van der Waals surface area contributed by atoms with Crippen LogP contribution in [0.4, 0.5) is 0 Å². The number of thiophene rings is 1. The van der Waals surface area contributed by atoms with Gasteiger partial charge in [0.25, 0.3) is 0 Å². The lowest BCUT2D eigenvalue weighted by Gasteiger charge is -1.95. The lowest BCUT2D eigenvalue weighted by Crippen LogP contribution is -1.72. The minimum atomic E-state index is 0.793. The van der Waals surface area contributed by atoms with Gasteiger partial charge < -0.3 is 0 Å². The molecule has 2 rings (SSSR count). The highest BCUT2D eigenvalue weighted by Gasteiger charge is 2.06. The molecule has 12 heavy (non-hydrogen) atoms. The summed E-state index contributed by atoms with van der Waals surface area (Å²) in [4.78, 5) is 0. The predicted octanol–water partition coefficient (Wildman–Crippen LogP) is 4.81. The van der Waals surface area contributed by atoms with Gasteiger partial charge in [-0.15, -0.1) is 11.3 Å². The number of hydrogen-bond acceptors (Lipinski definition) is 1. The van der Waals surface area contributed by atoms with Crippen LogP contribution < -0.4 is 0 Å². The molecule has 0 aliphatic carbocycles. The van der Waals surface area contributed by atoms with Gasteiger partial charge in [0.1, 0.15) is 0 Å². The fourth-order valence-electron chi connectivity index (χ4n) is 1.01. The highest BCUT2D eigenvalue weighted by atomic mass is 127. The predicted molar refractivity (Wildman–Crippen MR) is 64.6 cm³/mol. The lowest BCUT2D eigenvalue weighted by atomic mass is 10.3. The Morgan fingerprint density at radius 3 is 2.75 bits per heavy atom. The van der Waals surface area contributed by atoms with Gasteiger partial charge in [0.2, 0.25) is 0 Å². The second-order valence-electron chi connectivity index (χ2n) is 2.33. The molecule has 0 N–H and O–H groups in total. The minimum absolute atomic E-state index is 0.793. The van der Waals surface area contributed by atoms with E-state index in [-0.39, 0.29) is 0 Å². The molecule has 0 aliphatic rings. The fourth-order valence-corrected chi connectivity index (χ4v) is 3.22. The second kappa shape index (κ2) is 3.33. The van der Waals surface area contributed by atoms with E-state index >= 15 is 0 Å². The third-order valence-electron chi connectivity index (χ3n) is 1.55. The van der Waals surface area contributed by atoms with Gasteiger partial charge in [-0.25, -0.2) is 0 Å². The molecule has 0 aliphatic heterocycles. The first kappa shape index (κ1) is 9.06. The second-order valence-corrected chi connectivity index (χ2v) is 5.50. The number of halogens is 3. The number of benzene rings is 1. The van der Waals surface area contributed by atoms with E-state index in [9.17, 15) is 0 Å². The summed E-state index contributed by atoms with van der Waals surface area (Å²) < 4.78 is 3.07. The smallest absolute Gasteiger partial charge is 0.0941 e. The van der Waals surface area contributed by atoms with Crippen molar-refractivity contribution >= 4 is 67.2 Å². The van der Waals surface area contributed by atoms with Crippen molar-refractivity contribution in [2.75, 3.05) is 0 Å².